The van der Waals surface area contributed by atoms with Crippen LogP contribution in [0.25, 0.3) is 0 Å². The molecule has 0 aliphatic carbocycles. The predicted molar refractivity (Wildman–Crippen MR) is 85.9 cm³/mol. The van der Waals surface area contributed by atoms with Crippen molar-refractivity contribution < 1.29 is 9.53 Å². The number of anilines is 1. The highest BCUT2D eigenvalue weighted by molar-refractivity contribution is 9.10. The van der Waals surface area contributed by atoms with Crippen molar-refractivity contribution >= 4 is 39.3 Å². The van der Waals surface area contributed by atoms with Gasteiger partial charge in [-0.1, -0.05) is 18.2 Å². The number of nitrogens with two attached hydrogens (primary N) is 1. The molecular weight excluding hydrogens is 338 g/mol. The van der Waals surface area contributed by atoms with E-state index >= 15 is 0 Å². The monoisotopic (exact) mass is 351 g/mol. The first kappa shape index (κ1) is 14.9. The zero-order valence-electron chi connectivity index (χ0n) is 10.9. The Balaban J connectivity index is 2.17. The quantitative estimate of drug-likeness (QED) is 0.511. The lowest BCUT2D eigenvalue weighted by Gasteiger charge is -2.09. The van der Waals surface area contributed by atoms with Gasteiger partial charge in [0, 0.05) is 20.8 Å². The molecular formula is C15H14BrNO2S. The Bertz CT molecular complexity index is 631. The first-order chi connectivity index (χ1) is 9.61. The Labute approximate surface area is 130 Å². The Kier molecular flexibility index (Phi) is 5.09. The van der Waals surface area contributed by atoms with Crippen LogP contribution in [0.3, 0.4) is 0 Å². The highest BCUT2D eigenvalue weighted by Gasteiger charge is 2.11. The molecule has 0 fully saturated rings. The molecule has 0 atom stereocenters. The van der Waals surface area contributed by atoms with Crippen molar-refractivity contribution in [1.29, 1.82) is 0 Å². The molecule has 0 aliphatic rings. The molecule has 0 spiro atoms. The molecule has 0 amide bonds. The highest BCUT2D eigenvalue weighted by Crippen LogP contribution is 2.32. The number of esters is 1. The number of benzene rings is 2. The third-order valence-corrected chi connectivity index (χ3v) is 4.80. The SMILES string of the molecule is COC(=O)c1ccccc1CSc1ccc(N)cc1Br. The molecule has 3 nitrogen and oxygen atoms in total. The zero-order chi connectivity index (χ0) is 14.5. The van der Waals surface area contributed by atoms with Gasteiger partial charge in [0.15, 0.2) is 0 Å². The number of carbonyl (C=O) groups excluding carboxylic acids is 1. The van der Waals surface area contributed by atoms with E-state index < -0.39 is 0 Å². The summed E-state index contributed by atoms with van der Waals surface area (Å²) in [6.45, 7) is 0. The van der Waals surface area contributed by atoms with E-state index in [0.29, 0.717) is 11.3 Å². The molecule has 2 aromatic rings. The first-order valence-electron chi connectivity index (χ1n) is 5.96. The van der Waals surface area contributed by atoms with Crippen molar-refractivity contribution in [3.63, 3.8) is 0 Å². The molecule has 20 heavy (non-hydrogen) atoms. The summed E-state index contributed by atoms with van der Waals surface area (Å²) < 4.78 is 5.75. The Hall–Kier alpha value is -1.46. The van der Waals surface area contributed by atoms with Gasteiger partial charge >= 0.3 is 5.97 Å². The maximum atomic E-state index is 11.7. The summed E-state index contributed by atoms with van der Waals surface area (Å²) in [5.74, 6) is 0.380. The van der Waals surface area contributed by atoms with Gasteiger partial charge in [-0.25, -0.2) is 4.79 Å². The smallest absolute Gasteiger partial charge is 0.338 e. The Morgan fingerprint density at radius 2 is 2.05 bits per heavy atom. The molecule has 104 valence electrons. The lowest BCUT2D eigenvalue weighted by molar-refractivity contribution is 0.0600. The number of ether oxygens (including phenoxy) is 1. The van der Waals surface area contributed by atoms with Crippen LogP contribution in [0.15, 0.2) is 51.8 Å². The Morgan fingerprint density at radius 3 is 2.75 bits per heavy atom. The molecule has 0 aromatic heterocycles. The van der Waals surface area contributed by atoms with E-state index in [4.69, 9.17) is 10.5 Å². The second-order valence-electron chi connectivity index (χ2n) is 4.13. The zero-order valence-corrected chi connectivity index (χ0v) is 13.3. The van der Waals surface area contributed by atoms with Crippen LogP contribution < -0.4 is 5.73 Å². The van der Waals surface area contributed by atoms with E-state index in [1.54, 1.807) is 17.8 Å². The summed E-state index contributed by atoms with van der Waals surface area (Å²) >= 11 is 5.13. The summed E-state index contributed by atoms with van der Waals surface area (Å²) in [6, 6.07) is 13.2. The van der Waals surface area contributed by atoms with Crippen LogP contribution in [0.5, 0.6) is 0 Å². The summed E-state index contributed by atoms with van der Waals surface area (Å²) in [5.41, 5.74) is 7.99. The van der Waals surface area contributed by atoms with Crippen molar-refractivity contribution in [2.24, 2.45) is 0 Å². The van der Waals surface area contributed by atoms with Crippen LogP contribution in [0.1, 0.15) is 15.9 Å². The van der Waals surface area contributed by atoms with Crippen molar-refractivity contribution in [1.82, 2.24) is 0 Å². The van der Waals surface area contributed by atoms with Crippen molar-refractivity contribution in [3.8, 4) is 0 Å². The standard InChI is InChI=1S/C15H14BrNO2S/c1-19-15(18)12-5-3-2-4-10(12)9-20-14-7-6-11(17)8-13(14)16/h2-8H,9,17H2,1H3. The third kappa shape index (κ3) is 3.55. The molecule has 0 radical (unpaired) electrons. The van der Waals surface area contributed by atoms with Crippen LogP contribution in [-0.4, -0.2) is 13.1 Å². The molecule has 0 saturated carbocycles. The molecule has 2 aromatic carbocycles. The van der Waals surface area contributed by atoms with E-state index in [1.807, 2.05) is 36.4 Å². The third-order valence-electron chi connectivity index (χ3n) is 2.76. The summed E-state index contributed by atoms with van der Waals surface area (Å²) in [7, 11) is 1.39. The molecule has 2 N–H and O–H groups in total. The van der Waals surface area contributed by atoms with E-state index in [2.05, 4.69) is 15.9 Å². The van der Waals surface area contributed by atoms with Gasteiger partial charge < -0.3 is 10.5 Å². The second-order valence-corrected chi connectivity index (χ2v) is 6.00. The summed E-state index contributed by atoms with van der Waals surface area (Å²) in [6.07, 6.45) is 0. The van der Waals surface area contributed by atoms with Crippen LogP contribution in [0.4, 0.5) is 5.69 Å². The first-order valence-corrected chi connectivity index (χ1v) is 7.73. The molecule has 0 aliphatic heterocycles. The minimum atomic E-state index is -0.308. The summed E-state index contributed by atoms with van der Waals surface area (Å²) in [4.78, 5) is 12.8. The fourth-order valence-corrected chi connectivity index (χ4v) is 3.41. The fraction of sp³-hybridized carbons (Fsp3) is 0.133. The van der Waals surface area contributed by atoms with Crippen molar-refractivity contribution in [2.45, 2.75) is 10.6 Å². The lowest BCUT2D eigenvalue weighted by atomic mass is 10.1. The Morgan fingerprint density at radius 1 is 1.30 bits per heavy atom. The highest BCUT2D eigenvalue weighted by atomic mass is 79.9. The average molecular weight is 352 g/mol. The van der Waals surface area contributed by atoms with Gasteiger partial charge in [-0.2, -0.15) is 0 Å². The van der Waals surface area contributed by atoms with Crippen LogP contribution in [0.2, 0.25) is 0 Å². The topological polar surface area (TPSA) is 52.3 Å². The normalized spacial score (nSPS) is 10.3. The number of hydrogen-bond donors (Lipinski definition) is 1. The van der Waals surface area contributed by atoms with E-state index in [1.165, 1.54) is 7.11 Å². The van der Waals surface area contributed by atoms with Gasteiger partial charge in [-0.15, -0.1) is 11.8 Å². The van der Waals surface area contributed by atoms with Crippen LogP contribution >= 0.6 is 27.7 Å². The lowest BCUT2D eigenvalue weighted by Crippen LogP contribution is -2.04. The van der Waals surface area contributed by atoms with E-state index in [0.717, 1.165) is 20.6 Å². The molecule has 0 heterocycles. The number of hydrogen-bond acceptors (Lipinski definition) is 4. The number of nitrogen functional groups attached to an aromatic ring is 1. The number of thioether (sulfide) groups is 1. The number of halogens is 1. The second kappa shape index (κ2) is 6.81. The van der Waals surface area contributed by atoms with Gasteiger partial charge in [0.25, 0.3) is 0 Å². The maximum absolute atomic E-state index is 11.7. The minimum Gasteiger partial charge on any atom is -0.465 e. The minimum absolute atomic E-state index is 0.308. The number of carbonyl (C=O) groups is 1. The maximum Gasteiger partial charge on any atom is 0.338 e. The number of methoxy groups -OCH3 is 1. The van der Waals surface area contributed by atoms with Crippen molar-refractivity contribution in [3.05, 3.63) is 58.1 Å². The van der Waals surface area contributed by atoms with E-state index in [-0.39, 0.29) is 5.97 Å². The van der Waals surface area contributed by atoms with Crippen LogP contribution in [-0.2, 0) is 10.5 Å². The van der Waals surface area contributed by atoms with E-state index in [9.17, 15) is 4.79 Å². The van der Waals surface area contributed by atoms with Gasteiger partial charge in [0.05, 0.1) is 12.7 Å². The number of rotatable bonds is 4. The van der Waals surface area contributed by atoms with Gasteiger partial charge in [-0.05, 0) is 45.8 Å². The van der Waals surface area contributed by atoms with Gasteiger partial charge in [0.1, 0.15) is 0 Å². The average Bonchev–Trinajstić information content (AvgIpc) is 2.46. The molecule has 5 heteroatoms. The molecule has 2 rings (SSSR count). The predicted octanol–water partition coefficient (Wildman–Crippen LogP) is 4.11. The summed E-state index contributed by atoms with van der Waals surface area (Å²) in [5, 5.41) is 0. The van der Waals surface area contributed by atoms with Crippen LogP contribution in [0, 0.1) is 0 Å². The van der Waals surface area contributed by atoms with Gasteiger partial charge in [-0.3, -0.25) is 0 Å². The van der Waals surface area contributed by atoms with Gasteiger partial charge in [0.2, 0.25) is 0 Å². The molecule has 0 saturated heterocycles. The largest absolute Gasteiger partial charge is 0.465 e. The fourth-order valence-electron chi connectivity index (χ4n) is 1.74. The molecule has 0 unspecified atom stereocenters. The van der Waals surface area contributed by atoms with Crippen molar-refractivity contribution in [2.75, 3.05) is 12.8 Å². The molecule has 0 bridgehead atoms.